The molecule has 3 nitrogen and oxygen atoms in total. The van der Waals surface area contributed by atoms with Gasteiger partial charge in [-0.2, -0.15) is 0 Å². The van der Waals surface area contributed by atoms with Crippen molar-refractivity contribution in [3.8, 4) is 0 Å². The van der Waals surface area contributed by atoms with Crippen LogP contribution in [0.2, 0.25) is 0 Å². The molecule has 0 atom stereocenters. The predicted molar refractivity (Wildman–Crippen MR) is 59.1 cm³/mol. The van der Waals surface area contributed by atoms with Gasteiger partial charge in [0, 0.05) is 11.4 Å². The van der Waals surface area contributed by atoms with Gasteiger partial charge in [0.05, 0.1) is 5.75 Å². The Morgan fingerprint density at radius 3 is 2.43 bits per heavy atom. The van der Waals surface area contributed by atoms with E-state index in [9.17, 15) is 8.42 Å². The van der Waals surface area contributed by atoms with Crippen molar-refractivity contribution in [2.45, 2.75) is 38.6 Å². The van der Waals surface area contributed by atoms with Crippen LogP contribution >= 0.6 is 11.6 Å². The summed E-state index contributed by atoms with van der Waals surface area (Å²) in [5, 5.41) is 0. The third kappa shape index (κ3) is 4.62. The van der Waals surface area contributed by atoms with Gasteiger partial charge in [0.1, 0.15) is 0 Å². The molecule has 1 aliphatic rings. The molecule has 5 heteroatoms. The number of nitrogens with one attached hydrogen (secondary N) is 1. The van der Waals surface area contributed by atoms with E-state index in [1.54, 1.807) is 0 Å². The second-order valence-corrected chi connectivity index (χ2v) is 6.79. The summed E-state index contributed by atoms with van der Waals surface area (Å²) in [6, 6.07) is 0. The van der Waals surface area contributed by atoms with E-state index >= 15 is 0 Å². The molecule has 1 N–H and O–H groups in total. The number of hydrogen-bond acceptors (Lipinski definition) is 2. The van der Waals surface area contributed by atoms with Crippen LogP contribution in [0.1, 0.15) is 33.1 Å². The molecule has 0 saturated heterocycles. The molecule has 84 valence electrons. The molecule has 1 rings (SSSR count). The molecule has 0 spiro atoms. The maximum Gasteiger partial charge on any atom is 0.212 e. The fourth-order valence-electron chi connectivity index (χ4n) is 1.34. The van der Waals surface area contributed by atoms with Gasteiger partial charge in [0.2, 0.25) is 10.0 Å². The summed E-state index contributed by atoms with van der Waals surface area (Å²) in [6.45, 7) is 3.72. The van der Waals surface area contributed by atoms with Crippen LogP contribution in [0.15, 0.2) is 0 Å². The summed E-state index contributed by atoms with van der Waals surface area (Å²) < 4.78 is 25.9. The van der Waals surface area contributed by atoms with Crippen LogP contribution < -0.4 is 4.72 Å². The molecular formula is C9H18ClNO2S. The normalized spacial score (nSPS) is 18.5. The monoisotopic (exact) mass is 239 g/mol. The zero-order valence-electron chi connectivity index (χ0n) is 8.72. The van der Waals surface area contributed by atoms with E-state index in [-0.39, 0.29) is 5.75 Å². The third-order valence-electron chi connectivity index (χ3n) is 2.30. The Bertz CT molecular complexity index is 283. The molecule has 0 amide bonds. The van der Waals surface area contributed by atoms with Crippen molar-refractivity contribution in [2.24, 2.45) is 5.92 Å². The predicted octanol–water partition coefficient (Wildman–Crippen LogP) is 1.72. The van der Waals surface area contributed by atoms with Crippen LogP contribution in [-0.4, -0.2) is 25.6 Å². The Balaban J connectivity index is 2.47. The number of hydrogen-bond donors (Lipinski definition) is 1. The van der Waals surface area contributed by atoms with Crippen LogP contribution in [0, 0.1) is 5.92 Å². The number of rotatable bonds is 6. The van der Waals surface area contributed by atoms with Gasteiger partial charge in [-0.25, -0.2) is 13.1 Å². The summed E-state index contributed by atoms with van der Waals surface area (Å²) in [5.74, 6) is 1.14. The van der Waals surface area contributed by atoms with E-state index < -0.39 is 15.6 Å². The Morgan fingerprint density at radius 1 is 1.43 bits per heavy atom. The summed E-state index contributed by atoms with van der Waals surface area (Å²) in [7, 11) is -3.11. The molecule has 14 heavy (non-hydrogen) atoms. The summed E-state index contributed by atoms with van der Waals surface area (Å²) in [5.41, 5.74) is -0.421. The first-order valence-electron chi connectivity index (χ1n) is 4.92. The van der Waals surface area contributed by atoms with Gasteiger partial charge >= 0.3 is 0 Å². The number of sulfonamides is 1. The van der Waals surface area contributed by atoms with Crippen LogP contribution in [0.3, 0.4) is 0 Å². The Hall–Kier alpha value is 0.200. The lowest BCUT2D eigenvalue weighted by Gasteiger charge is -2.24. The summed E-state index contributed by atoms with van der Waals surface area (Å²) >= 11 is 5.60. The average molecular weight is 240 g/mol. The zero-order valence-corrected chi connectivity index (χ0v) is 10.3. The maximum atomic E-state index is 11.6. The minimum atomic E-state index is -3.11. The van der Waals surface area contributed by atoms with Gasteiger partial charge in [-0.1, -0.05) is 0 Å². The molecule has 0 unspecified atom stereocenters. The second-order valence-electron chi connectivity index (χ2n) is 4.65. The van der Waals surface area contributed by atoms with E-state index in [1.807, 2.05) is 13.8 Å². The fraction of sp³-hybridized carbons (Fsp3) is 1.00. The lowest BCUT2D eigenvalue weighted by molar-refractivity contribution is 0.441. The van der Waals surface area contributed by atoms with Gasteiger partial charge in [-0.15, -0.1) is 11.6 Å². The molecule has 0 aromatic carbocycles. The van der Waals surface area contributed by atoms with Gasteiger partial charge in [0.25, 0.3) is 0 Å². The molecule has 0 aromatic heterocycles. The lowest BCUT2D eigenvalue weighted by atomic mass is 10.0. The SMILES string of the molecule is CC(C)(CCCl)NS(=O)(=O)CC1CC1. The van der Waals surface area contributed by atoms with E-state index in [1.165, 1.54) is 0 Å². The third-order valence-corrected chi connectivity index (χ3v) is 4.27. The molecule has 0 aromatic rings. The fourth-order valence-corrected chi connectivity index (χ4v) is 3.80. The van der Waals surface area contributed by atoms with E-state index in [2.05, 4.69) is 4.72 Å². The highest BCUT2D eigenvalue weighted by atomic mass is 35.5. The highest BCUT2D eigenvalue weighted by molar-refractivity contribution is 7.89. The average Bonchev–Trinajstić information content (AvgIpc) is 2.66. The first-order chi connectivity index (χ1) is 6.35. The van der Waals surface area contributed by atoms with Gasteiger partial charge in [0.15, 0.2) is 0 Å². The van der Waals surface area contributed by atoms with Crippen molar-refractivity contribution < 1.29 is 8.42 Å². The zero-order chi connectivity index (χ0) is 10.8. The summed E-state index contributed by atoms with van der Waals surface area (Å²) in [4.78, 5) is 0. The van der Waals surface area contributed by atoms with Crippen molar-refractivity contribution in [1.29, 1.82) is 0 Å². The molecule has 0 heterocycles. The highest BCUT2D eigenvalue weighted by Gasteiger charge is 2.31. The minimum Gasteiger partial charge on any atom is -0.212 e. The van der Waals surface area contributed by atoms with Gasteiger partial charge < -0.3 is 0 Å². The number of halogens is 1. The minimum absolute atomic E-state index is 0.277. The van der Waals surface area contributed by atoms with Crippen molar-refractivity contribution in [1.82, 2.24) is 4.72 Å². The quantitative estimate of drug-likeness (QED) is 0.718. The lowest BCUT2D eigenvalue weighted by Crippen LogP contribution is -2.44. The first-order valence-corrected chi connectivity index (χ1v) is 7.11. The smallest absolute Gasteiger partial charge is 0.212 e. The Labute approximate surface area is 91.3 Å². The van der Waals surface area contributed by atoms with Crippen LogP contribution in [-0.2, 0) is 10.0 Å². The highest BCUT2D eigenvalue weighted by Crippen LogP contribution is 2.30. The van der Waals surface area contributed by atoms with Crippen molar-refractivity contribution in [3.63, 3.8) is 0 Å². The maximum absolute atomic E-state index is 11.6. The Morgan fingerprint density at radius 2 is 2.00 bits per heavy atom. The van der Waals surface area contributed by atoms with Crippen LogP contribution in [0.4, 0.5) is 0 Å². The largest absolute Gasteiger partial charge is 0.212 e. The van der Waals surface area contributed by atoms with Crippen molar-refractivity contribution in [2.75, 3.05) is 11.6 Å². The molecule has 1 aliphatic carbocycles. The van der Waals surface area contributed by atoms with Gasteiger partial charge in [-0.3, -0.25) is 0 Å². The Kier molecular flexibility index (Phi) is 3.83. The van der Waals surface area contributed by atoms with E-state index in [0.717, 1.165) is 12.8 Å². The summed E-state index contributed by atoms with van der Waals surface area (Å²) in [6.07, 6.45) is 2.76. The van der Waals surface area contributed by atoms with Crippen LogP contribution in [0.25, 0.3) is 0 Å². The molecule has 0 radical (unpaired) electrons. The number of alkyl halides is 1. The molecular weight excluding hydrogens is 222 g/mol. The molecule has 0 bridgehead atoms. The topological polar surface area (TPSA) is 46.2 Å². The first kappa shape index (κ1) is 12.3. The molecule has 1 fully saturated rings. The second kappa shape index (κ2) is 4.37. The molecule has 0 aliphatic heterocycles. The molecule has 1 saturated carbocycles. The van der Waals surface area contributed by atoms with E-state index in [0.29, 0.717) is 18.2 Å². The van der Waals surface area contributed by atoms with Crippen molar-refractivity contribution in [3.05, 3.63) is 0 Å². The standard InChI is InChI=1S/C9H18ClNO2S/c1-9(2,5-6-10)11-14(12,13)7-8-3-4-8/h8,11H,3-7H2,1-2H3. The van der Waals surface area contributed by atoms with Crippen molar-refractivity contribution >= 4 is 21.6 Å². The van der Waals surface area contributed by atoms with Crippen LogP contribution in [0.5, 0.6) is 0 Å². The van der Waals surface area contributed by atoms with E-state index in [4.69, 9.17) is 11.6 Å². The van der Waals surface area contributed by atoms with Gasteiger partial charge in [-0.05, 0) is 39.0 Å².